The molecule has 1 atom stereocenters. The van der Waals surface area contributed by atoms with Crippen molar-refractivity contribution in [3.05, 3.63) is 21.6 Å². The highest BCUT2D eigenvalue weighted by molar-refractivity contribution is 6.32. The number of hydrogen-bond donors (Lipinski definition) is 2. The van der Waals surface area contributed by atoms with E-state index in [9.17, 15) is 4.79 Å². The molecule has 0 amide bonds. The van der Waals surface area contributed by atoms with Crippen molar-refractivity contribution in [2.24, 2.45) is 11.7 Å². The molecule has 0 radical (unpaired) electrons. The Labute approximate surface area is 123 Å². The summed E-state index contributed by atoms with van der Waals surface area (Å²) in [7, 11) is 3.90. The molecule has 1 aliphatic carbocycles. The normalized spacial score (nSPS) is 16.4. The van der Waals surface area contributed by atoms with Gasteiger partial charge in [0.2, 0.25) is 0 Å². The van der Waals surface area contributed by atoms with Gasteiger partial charge in [0.05, 0.1) is 18.4 Å². The van der Waals surface area contributed by atoms with Crippen molar-refractivity contribution >= 4 is 17.3 Å². The fraction of sp³-hybridized carbons (Fsp3) is 0.692. The van der Waals surface area contributed by atoms with Gasteiger partial charge in [-0.05, 0) is 32.9 Å². The van der Waals surface area contributed by atoms with Crippen LogP contribution in [-0.4, -0.2) is 47.9 Å². The zero-order chi connectivity index (χ0) is 14.7. The number of nitrogens with one attached hydrogen (secondary N) is 1. The summed E-state index contributed by atoms with van der Waals surface area (Å²) in [5.41, 5.74) is 6.07. The molecule has 0 bridgehead atoms. The molecule has 6 nitrogen and oxygen atoms in total. The molecule has 1 aromatic heterocycles. The number of halogens is 1. The Morgan fingerprint density at radius 1 is 1.60 bits per heavy atom. The largest absolute Gasteiger partial charge is 0.378 e. The van der Waals surface area contributed by atoms with Gasteiger partial charge in [-0.25, -0.2) is 4.68 Å². The van der Waals surface area contributed by atoms with Crippen LogP contribution in [0.4, 0.5) is 5.69 Å². The lowest BCUT2D eigenvalue weighted by molar-refractivity contribution is 0.367. The molecular formula is C13H22ClN5O. The van der Waals surface area contributed by atoms with Crippen LogP contribution in [0.3, 0.4) is 0 Å². The Hall–Kier alpha value is -1.11. The molecule has 20 heavy (non-hydrogen) atoms. The molecule has 3 N–H and O–H groups in total. The number of nitrogens with two attached hydrogens (primary N) is 1. The zero-order valence-electron chi connectivity index (χ0n) is 12.0. The van der Waals surface area contributed by atoms with Gasteiger partial charge in [-0.1, -0.05) is 11.6 Å². The molecule has 1 fully saturated rings. The topological polar surface area (TPSA) is 76.2 Å². The molecule has 1 unspecified atom stereocenters. The molecular weight excluding hydrogens is 278 g/mol. The SMILES string of the molecule is CN(C)CCn1ncc(NC(CN)C2CC2)c(Cl)c1=O. The monoisotopic (exact) mass is 299 g/mol. The Kier molecular flexibility index (Phi) is 5.01. The second-order valence-corrected chi connectivity index (χ2v) is 5.91. The number of likely N-dealkylation sites (N-methyl/N-ethyl adjacent to an activating group) is 1. The maximum Gasteiger partial charge on any atom is 0.287 e. The molecule has 0 spiro atoms. The summed E-state index contributed by atoms with van der Waals surface area (Å²) >= 11 is 6.15. The Bertz CT molecular complexity index is 512. The number of aromatic nitrogens is 2. The summed E-state index contributed by atoms with van der Waals surface area (Å²) in [5, 5.41) is 7.61. The van der Waals surface area contributed by atoms with E-state index >= 15 is 0 Å². The smallest absolute Gasteiger partial charge is 0.287 e. The lowest BCUT2D eigenvalue weighted by atomic mass is 10.2. The summed E-state index contributed by atoms with van der Waals surface area (Å²) in [4.78, 5) is 14.1. The second-order valence-electron chi connectivity index (χ2n) is 5.53. The van der Waals surface area contributed by atoms with Crippen LogP contribution in [0.15, 0.2) is 11.0 Å². The minimum absolute atomic E-state index is 0.173. The number of nitrogens with zero attached hydrogens (tertiary/aromatic N) is 3. The van der Waals surface area contributed by atoms with Crippen LogP contribution < -0.4 is 16.6 Å². The van der Waals surface area contributed by atoms with Gasteiger partial charge in [0.25, 0.3) is 5.56 Å². The first-order valence-electron chi connectivity index (χ1n) is 6.90. The lowest BCUT2D eigenvalue weighted by Gasteiger charge is -2.18. The number of hydrogen-bond acceptors (Lipinski definition) is 5. The molecule has 0 aromatic carbocycles. The van der Waals surface area contributed by atoms with E-state index < -0.39 is 0 Å². The van der Waals surface area contributed by atoms with Crippen LogP contribution in [0.2, 0.25) is 5.02 Å². The first-order chi connectivity index (χ1) is 9.52. The summed E-state index contributed by atoms with van der Waals surface area (Å²) < 4.78 is 1.39. The van der Waals surface area contributed by atoms with E-state index in [1.54, 1.807) is 6.20 Å². The summed E-state index contributed by atoms with van der Waals surface area (Å²) in [6, 6.07) is 0.173. The van der Waals surface area contributed by atoms with Gasteiger partial charge in [0.15, 0.2) is 0 Å². The lowest BCUT2D eigenvalue weighted by Crippen LogP contribution is -2.33. The van der Waals surface area contributed by atoms with Gasteiger partial charge in [0, 0.05) is 19.1 Å². The highest BCUT2D eigenvalue weighted by atomic mass is 35.5. The third-order valence-electron chi connectivity index (χ3n) is 3.53. The van der Waals surface area contributed by atoms with Gasteiger partial charge < -0.3 is 16.0 Å². The molecule has 1 aliphatic rings. The minimum Gasteiger partial charge on any atom is -0.378 e. The van der Waals surface area contributed by atoms with Gasteiger partial charge in [-0.15, -0.1) is 0 Å². The van der Waals surface area contributed by atoms with E-state index in [0.717, 1.165) is 6.54 Å². The average molecular weight is 300 g/mol. The fourth-order valence-corrected chi connectivity index (χ4v) is 2.29. The quantitative estimate of drug-likeness (QED) is 0.771. The molecule has 7 heteroatoms. The average Bonchev–Trinajstić information content (AvgIpc) is 3.23. The first kappa shape index (κ1) is 15.3. The summed E-state index contributed by atoms with van der Waals surface area (Å²) in [5.74, 6) is 0.590. The predicted molar refractivity (Wildman–Crippen MR) is 81.3 cm³/mol. The van der Waals surface area contributed by atoms with E-state index in [1.165, 1.54) is 17.5 Å². The fourth-order valence-electron chi connectivity index (χ4n) is 2.09. The van der Waals surface area contributed by atoms with E-state index in [-0.39, 0.29) is 16.6 Å². The maximum atomic E-state index is 12.1. The van der Waals surface area contributed by atoms with Crippen molar-refractivity contribution in [2.45, 2.75) is 25.4 Å². The third kappa shape index (κ3) is 3.71. The first-order valence-corrected chi connectivity index (χ1v) is 7.27. The van der Waals surface area contributed by atoms with Gasteiger partial charge in [0.1, 0.15) is 5.02 Å². The minimum atomic E-state index is -0.259. The number of rotatable bonds is 7. The Balaban J connectivity index is 2.11. The van der Waals surface area contributed by atoms with E-state index in [4.69, 9.17) is 17.3 Å². The molecule has 1 heterocycles. The summed E-state index contributed by atoms with van der Waals surface area (Å²) in [6.07, 6.45) is 3.98. The van der Waals surface area contributed by atoms with Crippen molar-refractivity contribution < 1.29 is 0 Å². The van der Waals surface area contributed by atoms with E-state index in [0.29, 0.717) is 24.7 Å². The van der Waals surface area contributed by atoms with E-state index in [2.05, 4.69) is 10.4 Å². The van der Waals surface area contributed by atoms with Crippen LogP contribution in [0, 0.1) is 5.92 Å². The van der Waals surface area contributed by atoms with Crippen molar-refractivity contribution in [3.8, 4) is 0 Å². The van der Waals surface area contributed by atoms with Crippen molar-refractivity contribution in [1.82, 2.24) is 14.7 Å². The van der Waals surface area contributed by atoms with Gasteiger partial charge in [-0.2, -0.15) is 5.10 Å². The summed E-state index contributed by atoms with van der Waals surface area (Å²) in [6.45, 7) is 1.79. The highest BCUT2D eigenvalue weighted by Crippen LogP contribution is 2.34. The molecule has 2 rings (SSSR count). The van der Waals surface area contributed by atoms with E-state index in [1.807, 2.05) is 19.0 Å². The maximum absolute atomic E-state index is 12.1. The molecule has 1 aromatic rings. The highest BCUT2D eigenvalue weighted by Gasteiger charge is 2.30. The Morgan fingerprint density at radius 2 is 2.30 bits per heavy atom. The van der Waals surface area contributed by atoms with Gasteiger partial charge in [-0.3, -0.25) is 4.79 Å². The molecule has 112 valence electrons. The second kappa shape index (κ2) is 6.56. The molecule has 0 aliphatic heterocycles. The standard InChI is InChI=1S/C13H22ClN5O/c1-18(2)5-6-19-13(20)12(14)11(8-16-19)17-10(7-15)9-3-4-9/h8-10,17H,3-7,15H2,1-2H3. The predicted octanol–water partition coefficient (Wildman–Crippen LogP) is 0.608. The van der Waals surface area contributed by atoms with Crippen LogP contribution in [0.25, 0.3) is 0 Å². The Morgan fingerprint density at radius 3 is 2.85 bits per heavy atom. The van der Waals surface area contributed by atoms with Crippen LogP contribution >= 0.6 is 11.6 Å². The third-order valence-corrected chi connectivity index (χ3v) is 3.90. The van der Waals surface area contributed by atoms with Crippen LogP contribution in [0.1, 0.15) is 12.8 Å². The number of anilines is 1. The molecule has 0 saturated heterocycles. The van der Waals surface area contributed by atoms with Crippen LogP contribution in [-0.2, 0) is 6.54 Å². The van der Waals surface area contributed by atoms with Gasteiger partial charge >= 0.3 is 0 Å². The van der Waals surface area contributed by atoms with Crippen molar-refractivity contribution in [1.29, 1.82) is 0 Å². The van der Waals surface area contributed by atoms with Crippen molar-refractivity contribution in [2.75, 3.05) is 32.5 Å². The van der Waals surface area contributed by atoms with Crippen molar-refractivity contribution in [3.63, 3.8) is 0 Å². The zero-order valence-corrected chi connectivity index (χ0v) is 12.7. The van der Waals surface area contributed by atoms with Crippen LogP contribution in [0.5, 0.6) is 0 Å². The molecule has 1 saturated carbocycles.